The standard InChI is InChI=1S/C16H20BrN3O/c1-11-16(17)14(20(3)19-11)10-15(21)13-7-5-4-6-12(13)8-9-18-2/h4-7,18H,8-10H2,1-3H3. The summed E-state index contributed by atoms with van der Waals surface area (Å²) in [5, 5.41) is 7.46. The summed E-state index contributed by atoms with van der Waals surface area (Å²) in [4.78, 5) is 12.6. The van der Waals surface area contributed by atoms with E-state index >= 15 is 0 Å². The fourth-order valence-electron chi connectivity index (χ4n) is 2.39. The first-order valence-electron chi connectivity index (χ1n) is 6.98. The third-order valence-corrected chi connectivity index (χ3v) is 4.58. The van der Waals surface area contributed by atoms with Crippen LogP contribution in [0.4, 0.5) is 0 Å². The Morgan fingerprint density at radius 1 is 1.38 bits per heavy atom. The number of hydrogen-bond donors (Lipinski definition) is 1. The first-order valence-corrected chi connectivity index (χ1v) is 7.77. The number of ketones is 1. The molecule has 1 heterocycles. The minimum absolute atomic E-state index is 0.130. The molecule has 0 saturated heterocycles. The molecule has 1 aromatic carbocycles. The number of rotatable bonds is 6. The van der Waals surface area contributed by atoms with Gasteiger partial charge in [0.2, 0.25) is 0 Å². The van der Waals surface area contributed by atoms with Crippen LogP contribution in [-0.2, 0) is 19.9 Å². The molecule has 0 unspecified atom stereocenters. The first kappa shape index (κ1) is 15.9. The molecule has 0 fully saturated rings. The third kappa shape index (κ3) is 3.60. The van der Waals surface area contributed by atoms with E-state index in [1.807, 2.05) is 45.3 Å². The zero-order chi connectivity index (χ0) is 15.4. The van der Waals surface area contributed by atoms with Crippen LogP contribution in [0, 0.1) is 6.92 Å². The molecule has 0 radical (unpaired) electrons. The van der Waals surface area contributed by atoms with Crippen LogP contribution in [0.5, 0.6) is 0 Å². The predicted octanol–water partition coefficient (Wildman–Crippen LogP) is 2.68. The summed E-state index contributed by atoms with van der Waals surface area (Å²) >= 11 is 3.52. The molecule has 0 spiro atoms. The van der Waals surface area contributed by atoms with Gasteiger partial charge in [0, 0.05) is 12.6 Å². The number of carbonyl (C=O) groups is 1. The molecule has 0 bridgehead atoms. The number of hydrogen-bond acceptors (Lipinski definition) is 3. The number of benzene rings is 1. The Balaban J connectivity index is 2.24. The summed E-state index contributed by atoms with van der Waals surface area (Å²) in [5.41, 5.74) is 3.72. The second-order valence-corrected chi connectivity index (χ2v) is 5.87. The van der Waals surface area contributed by atoms with Crippen LogP contribution >= 0.6 is 15.9 Å². The van der Waals surface area contributed by atoms with Gasteiger partial charge in [-0.1, -0.05) is 24.3 Å². The van der Waals surface area contributed by atoms with Crippen molar-refractivity contribution in [3.8, 4) is 0 Å². The van der Waals surface area contributed by atoms with Crippen molar-refractivity contribution in [1.82, 2.24) is 15.1 Å². The normalized spacial score (nSPS) is 10.9. The Labute approximate surface area is 133 Å². The Bertz CT molecular complexity index is 649. The molecule has 0 atom stereocenters. The van der Waals surface area contributed by atoms with Crippen LogP contribution < -0.4 is 5.32 Å². The minimum Gasteiger partial charge on any atom is -0.319 e. The van der Waals surface area contributed by atoms with Crippen molar-refractivity contribution in [2.75, 3.05) is 13.6 Å². The van der Waals surface area contributed by atoms with Crippen LogP contribution in [0.25, 0.3) is 0 Å². The van der Waals surface area contributed by atoms with Gasteiger partial charge in [0.15, 0.2) is 5.78 Å². The van der Waals surface area contributed by atoms with E-state index in [1.54, 1.807) is 4.68 Å². The smallest absolute Gasteiger partial charge is 0.169 e. The fraction of sp³-hybridized carbons (Fsp3) is 0.375. The molecule has 5 heteroatoms. The van der Waals surface area contributed by atoms with Crippen molar-refractivity contribution in [3.05, 3.63) is 51.3 Å². The maximum Gasteiger partial charge on any atom is 0.169 e. The molecule has 1 aromatic heterocycles. The molecule has 0 aliphatic rings. The van der Waals surface area contributed by atoms with E-state index < -0.39 is 0 Å². The van der Waals surface area contributed by atoms with Gasteiger partial charge in [0.05, 0.1) is 22.3 Å². The van der Waals surface area contributed by atoms with Gasteiger partial charge in [-0.15, -0.1) is 0 Å². The molecule has 4 nitrogen and oxygen atoms in total. The number of halogens is 1. The van der Waals surface area contributed by atoms with Crippen molar-refractivity contribution in [2.45, 2.75) is 19.8 Å². The maximum absolute atomic E-state index is 12.6. The summed E-state index contributed by atoms with van der Waals surface area (Å²) in [6.45, 7) is 2.79. The second-order valence-electron chi connectivity index (χ2n) is 5.08. The van der Waals surface area contributed by atoms with Crippen LogP contribution in [-0.4, -0.2) is 29.2 Å². The van der Waals surface area contributed by atoms with E-state index in [9.17, 15) is 4.79 Å². The van der Waals surface area contributed by atoms with E-state index in [1.165, 1.54) is 0 Å². The molecule has 0 aliphatic carbocycles. The SMILES string of the molecule is CNCCc1ccccc1C(=O)Cc1c(Br)c(C)nn1C. The van der Waals surface area contributed by atoms with Gasteiger partial charge in [0.1, 0.15) is 0 Å². The molecule has 0 amide bonds. The predicted molar refractivity (Wildman–Crippen MR) is 87.8 cm³/mol. The molecule has 2 aromatic rings. The van der Waals surface area contributed by atoms with E-state index in [2.05, 4.69) is 26.3 Å². The topological polar surface area (TPSA) is 46.9 Å². The van der Waals surface area contributed by atoms with Crippen molar-refractivity contribution in [1.29, 1.82) is 0 Å². The lowest BCUT2D eigenvalue weighted by atomic mass is 9.98. The lowest BCUT2D eigenvalue weighted by Gasteiger charge is -2.09. The quantitative estimate of drug-likeness (QED) is 0.815. The Kier molecular flexibility index (Phi) is 5.31. The average Bonchev–Trinajstić information content (AvgIpc) is 2.72. The van der Waals surface area contributed by atoms with Gasteiger partial charge in [0.25, 0.3) is 0 Å². The van der Waals surface area contributed by atoms with Crippen LogP contribution in [0.3, 0.4) is 0 Å². The van der Waals surface area contributed by atoms with E-state index in [-0.39, 0.29) is 5.78 Å². The third-order valence-electron chi connectivity index (χ3n) is 3.55. The number of aryl methyl sites for hydroxylation is 2. The lowest BCUT2D eigenvalue weighted by Crippen LogP contribution is -2.15. The number of Topliss-reactive ketones (excluding diaryl/α,β-unsaturated/α-hetero) is 1. The highest BCUT2D eigenvalue weighted by molar-refractivity contribution is 9.10. The minimum atomic E-state index is 0.130. The van der Waals surface area contributed by atoms with Crippen molar-refractivity contribution >= 4 is 21.7 Å². The number of carbonyl (C=O) groups excluding carboxylic acids is 1. The highest BCUT2D eigenvalue weighted by Gasteiger charge is 2.17. The number of likely N-dealkylation sites (N-methyl/N-ethyl adjacent to an activating group) is 1. The zero-order valence-electron chi connectivity index (χ0n) is 12.6. The first-order chi connectivity index (χ1) is 10.0. The highest BCUT2D eigenvalue weighted by Crippen LogP contribution is 2.22. The average molecular weight is 350 g/mol. The maximum atomic E-state index is 12.6. The molecular formula is C16H20BrN3O. The van der Waals surface area contributed by atoms with Crippen molar-refractivity contribution in [3.63, 3.8) is 0 Å². The Morgan fingerprint density at radius 2 is 2.10 bits per heavy atom. The van der Waals surface area contributed by atoms with Gasteiger partial charge < -0.3 is 5.32 Å². The summed E-state index contributed by atoms with van der Waals surface area (Å²) in [7, 11) is 3.78. The van der Waals surface area contributed by atoms with Gasteiger partial charge in [-0.2, -0.15) is 5.10 Å². The van der Waals surface area contributed by atoms with Gasteiger partial charge in [-0.3, -0.25) is 9.48 Å². The lowest BCUT2D eigenvalue weighted by molar-refractivity contribution is 0.0989. The largest absolute Gasteiger partial charge is 0.319 e. The van der Waals surface area contributed by atoms with Gasteiger partial charge >= 0.3 is 0 Å². The number of aromatic nitrogens is 2. The zero-order valence-corrected chi connectivity index (χ0v) is 14.2. The molecule has 0 aliphatic heterocycles. The molecule has 0 saturated carbocycles. The monoisotopic (exact) mass is 349 g/mol. The summed E-state index contributed by atoms with van der Waals surface area (Å²) in [5.74, 6) is 0.130. The van der Waals surface area contributed by atoms with Crippen LogP contribution in [0.1, 0.15) is 27.3 Å². The molecule has 2 rings (SSSR count). The molecule has 21 heavy (non-hydrogen) atoms. The van der Waals surface area contributed by atoms with Gasteiger partial charge in [-0.25, -0.2) is 0 Å². The van der Waals surface area contributed by atoms with Crippen LogP contribution in [0.15, 0.2) is 28.7 Å². The molecule has 112 valence electrons. The number of nitrogens with zero attached hydrogens (tertiary/aromatic N) is 2. The van der Waals surface area contributed by atoms with E-state index in [0.717, 1.165) is 40.0 Å². The van der Waals surface area contributed by atoms with E-state index in [4.69, 9.17) is 0 Å². The van der Waals surface area contributed by atoms with Crippen LogP contribution in [0.2, 0.25) is 0 Å². The number of nitrogens with one attached hydrogen (secondary N) is 1. The van der Waals surface area contributed by atoms with E-state index in [0.29, 0.717) is 6.42 Å². The fourth-order valence-corrected chi connectivity index (χ4v) is 2.87. The van der Waals surface area contributed by atoms with Gasteiger partial charge in [-0.05, 0) is 48.4 Å². The molecule has 1 N–H and O–H groups in total. The highest BCUT2D eigenvalue weighted by atomic mass is 79.9. The second kappa shape index (κ2) is 7.00. The van der Waals surface area contributed by atoms with Crippen molar-refractivity contribution in [2.24, 2.45) is 7.05 Å². The summed E-state index contributed by atoms with van der Waals surface area (Å²) < 4.78 is 2.69. The summed E-state index contributed by atoms with van der Waals surface area (Å²) in [6, 6.07) is 7.82. The Morgan fingerprint density at radius 3 is 2.71 bits per heavy atom. The van der Waals surface area contributed by atoms with Crippen molar-refractivity contribution < 1.29 is 4.79 Å². The molecular weight excluding hydrogens is 330 g/mol. The summed E-state index contributed by atoms with van der Waals surface area (Å²) in [6.07, 6.45) is 1.21. The Hall–Kier alpha value is -1.46.